The van der Waals surface area contributed by atoms with Crippen LogP contribution < -0.4 is 11.6 Å². The van der Waals surface area contributed by atoms with Crippen LogP contribution in [0.25, 0.3) is 11.4 Å². The summed E-state index contributed by atoms with van der Waals surface area (Å²) in [6.07, 6.45) is 1.14. The van der Waals surface area contributed by atoms with Crippen molar-refractivity contribution < 1.29 is 0 Å². The Hall–Kier alpha value is -1.62. The standard InChI is InChI=1S/C13H16N4S/c14-12-11(10-6-7-18-8-10)16-13(17(12)15)9-4-2-1-3-5-9/h1-5,10H,6-8,14-15H2. The van der Waals surface area contributed by atoms with Crippen molar-refractivity contribution in [3.05, 3.63) is 36.0 Å². The lowest BCUT2D eigenvalue weighted by atomic mass is 10.1. The van der Waals surface area contributed by atoms with Crippen LogP contribution in [-0.2, 0) is 0 Å². The van der Waals surface area contributed by atoms with Gasteiger partial charge in [0.2, 0.25) is 0 Å². The molecule has 1 saturated heterocycles. The van der Waals surface area contributed by atoms with Gasteiger partial charge in [-0.15, -0.1) is 0 Å². The predicted octanol–water partition coefficient (Wildman–Crippen LogP) is 2.07. The van der Waals surface area contributed by atoms with Gasteiger partial charge in [0, 0.05) is 17.2 Å². The third kappa shape index (κ3) is 1.84. The van der Waals surface area contributed by atoms with E-state index in [2.05, 4.69) is 4.98 Å². The molecule has 0 saturated carbocycles. The number of benzene rings is 1. The van der Waals surface area contributed by atoms with E-state index in [0.717, 1.165) is 29.3 Å². The minimum Gasteiger partial charge on any atom is -0.382 e. The average molecular weight is 260 g/mol. The van der Waals surface area contributed by atoms with E-state index in [-0.39, 0.29) is 0 Å². The van der Waals surface area contributed by atoms with Crippen LogP contribution in [0, 0.1) is 0 Å². The van der Waals surface area contributed by atoms with Crippen LogP contribution in [0.4, 0.5) is 5.82 Å². The van der Waals surface area contributed by atoms with Gasteiger partial charge < -0.3 is 11.6 Å². The number of nitrogens with zero attached hydrogens (tertiary/aromatic N) is 2. The highest BCUT2D eigenvalue weighted by molar-refractivity contribution is 7.99. The maximum absolute atomic E-state index is 6.09. The fraction of sp³-hybridized carbons (Fsp3) is 0.308. The maximum atomic E-state index is 6.09. The van der Waals surface area contributed by atoms with E-state index in [9.17, 15) is 0 Å². The Balaban J connectivity index is 2.04. The van der Waals surface area contributed by atoms with Crippen molar-refractivity contribution in [2.75, 3.05) is 23.1 Å². The van der Waals surface area contributed by atoms with E-state index in [0.29, 0.717) is 11.7 Å². The van der Waals surface area contributed by atoms with E-state index < -0.39 is 0 Å². The van der Waals surface area contributed by atoms with Crippen LogP contribution in [0.15, 0.2) is 30.3 Å². The van der Waals surface area contributed by atoms with Crippen molar-refractivity contribution >= 4 is 17.6 Å². The molecule has 1 aromatic carbocycles. The lowest BCUT2D eigenvalue weighted by Gasteiger charge is -2.05. The first-order valence-electron chi connectivity index (χ1n) is 6.03. The van der Waals surface area contributed by atoms with E-state index in [1.165, 1.54) is 10.4 Å². The Kier molecular flexibility index (Phi) is 2.91. The smallest absolute Gasteiger partial charge is 0.160 e. The first kappa shape index (κ1) is 11.5. The Morgan fingerprint density at radius 3 is 2.72 bits per heavy atom. The topological polar surface area (TPSA) is 69.9 Å². The van der Waals surface area contributed by atoms with Crippen LogP contribution in [0.2, 0.25) is 0 Å². The third-order valence-corrected chi connectivity index (χ3v) is 4.49. The number of thioether (sulfide) groups is 1. The Bertz CT molecular complexity index is 544. The quantitative estimate of drug-likeness (QED) is 0.811. The minimum atomic E-state index is 0.447. The summed E-state index contributed by atoms with van der Waals surface area (Å²) in [6, 6.07) is 9.93. The van der Waals surface area contributed by atoms with E-state index in [1.54, 1.807) is 0 Å². The van der Waals surface area contributed by atoms with Crippen LogP contribution in [0.3, 0.4) is 0 Å². The molecule has 1 atom stereocenters. The summed E-state index contributed by atoms with van der Waals surface area (Å²) in [6.45, 7) is 0. The molecule has 1 aromatic heterocycles. The van der Waals surface area contributed by atoms with Crippen molar-refractivity contribution in [2.45, 2.75) is 12.3 Å². The summed E-state index contributed by atoms with van der Waals surface area (Å²) < 4.78 is 1.51. The summed E-state index contributed by atoms with van der Waals surface area (Å²) in [4.78, 5) is 4.66. The van der Waals surface area contributed by atoms with Gasteiger partial charge in [-0.05, 0) is 12.2 Å². The molecular weight excluding hydrogens is 244 g/mol. The average Bonchev–Trinajstić information content (AvgIpc) is 3.01. The highest BCUT2D eigenvalue weighted by Crippen LogP contribution is 2.35. The van der Waals surface area contributed by atoms with Crippen molar-refractivity contribution in [3.63, 3.8) is 0 Å². The van der Waals surface area contributed by atoms with Gasteiger partial charge in [-0.25, -0.2) is 9.66 Å². The maximum Gasteiger partial charge on any atom is 0.160 e. The number of aromatic nitrogens is 2. The first-order chi connectivity index (χ1) is 8.77. The Labute approximate surface area is 110 Å². The summed E-state index contributed by atoms with van der Waals surface area (Å²) in [5, 5.41) is 0. The molecule has 3 rings (SSSR count). The number of rotatable bonds is 2. The van der Waals surface area contributed by atoms with Gasteiger partial charge >= 0.3 is 0 Å². The van der Waals surface area contributed by atoms with E-state index in [1.807, 2.05) is 42.1 Å². The van der Waals surface area contributed by atoms with Gasteiger partial charge in [0.15, 0.2) is 5.82 Å². The highest BCUT2D eigenvalue weighted by Gasteiger charge is 2.25. The lowest BCUT2D eigenvalue weighted by Crippen LogP contribution is -2.14. The molecule has 1 aliphatic rings. The van der Waals surface area contributed by atoms with E-state index in [4.69, 9.17) is 11.6 Å². The number of nitrogen functional groups attached to an aromatic ring is 2. The third-order valence-electron chi connectivity index (χ3n) is 3.32. The SMILES string of the molecule is Nc1c(C2CCSC2)nc(-c2ccccc2)n1N. The number of anilines is 1. The fourth-order valence-electron chi connectivity index (χ4n) is 2.30. The molecular formula is C13H16N4S. The molecule has 2 heterocycles. The van der Waals surface area contributed by atoms with Crippen LogP contribution in [0.1, 0.15) is 18.0 Å². The normalized spacial score (nSPS) is 19.2. The van der Waals surface area contributed by atoms with Gasteiger partial charge in [-0.1, -0.05) is 30.3 Å². The zero-order valence-electron chi connectivity index (χ0n) is 10.0. The molecule has 0 radical (unpaired) electrons. The molecule has 2 aromatic rings. The van der Waals surface area contributed by atoms with Crippen molar-refractivity contribution in [2.24, 2.45) is 0 Å². The summed E-state index contributed by atoms with van der Waals surface area (Å²) >= 11 is 1.95. The number of imidazole rings is 1. The lowest BCUT2D eigenvalue weighted by molar-refractivity contribution is 0.761. The van der Waals surface area contributed by atoms with Crippen molar-refractivity contribution in [3.8, 4) is 11.4 Å². The van der Waals surface area contributed by atoms with E-state index >= 15 is 0 Å². The van der Waals surface area contributed by atoms with Crippen molar-refractivity contribution in [1.82, 2.24) is 9.66 Å². The molecule has 1 fully saturated rings. The molecule has 1 unspecified atom stereocenters. The summed E-state index contributed by atoms with van der Waals surface area (Å²) in [5.74, 6) is 10.1. The zero-order valence-corrected chi connectivity index (χ0v) is 10.9. The van der Waals surface area contributed by atoms with Gasteiger partial charge in [0.25, 0.3) is 0 Å². The molecule has 18 heavy (non-hydrogen) atoms. The first-order valence-corrected chi connectivity index (χ1v) is 7.19. The van der Waals surface area contributed by atoms with Crippen LogP contribution >= 0.6 is 11.8 Å². The molecule has 0 aliphatic carbocycles. The second kappa shape index (κ2) is 4.57. The monoisotopic (exact) mass is 260 g/mol. The predicted molar refractivity (Wildman–Crippen MR) is 76.9 cm³/mol. The molecule has 1 aliphatic heterocycles. The second-order valence-electron chi connectivity index (χ2n) is 4.50. The zero-order chi connectivity index (χ0) is 12.5. The van der Waals surface area contributed by atoms with Crippen molar-refractivity contribution in [1.29, 1.82) is 0 Å². The summed E-state index contributed by atoms with van der Waals surface area (Å²) in [7, 11) is 0. The van der Waals surface area contributed by atoms with Gasteiger partial charge in [0.05, 0.1) is 5.69 Å². The molecule has 94 valence electrons. The van der Waals surface area contributed by atoms with Crippen LogP contribution in [-0.4, -0.2) is 21.2 Å². The summed E-state index contributed by atoms with van der Waals surface area (Å²) in [5.41, 5.74) is 8.05. The molecule has 0 amide bonds. The number of hydrogen-bond acceptors (Lipinski definition) is 4. The van der Waals surface area contributed by atoms with Gasteiger partial charge in [0.1, 0.15) is 5.82 Å². The molecule has 4 N–H and O–H groups in total. The largest absolute Gasteiger partial charge is 0.382 e. The second-order valence-corrected chi connectivity index (χ2v) is 5.65. The molecule has 4 nitrogen and oxygen atoms in total. The number of hydrogen-bond donors (Lipinski definition) is 2. The molecule has 5 heteroatoms. The minimum absolute atomic E-state index is 0.447. The number of nitrogens with two attached hydrogens (primary N) is 2. The van der Waals surface area contributed by atoms with Gasteiger partial charge in [-0.2, -0.15) is 11.8 Å². The van der Waals surface area contributed by atoms with Gasteiger partial charge in [-0.3, -0.25) is 0 Å². The molecule has 0 bridgehead atoms. The fourth-order valence-corrected chi connectivity index (χ4v) is 3.53. The Morgan fingerprint density at radius 2 is 2.06 bits per heavy atom. The Morgan fingerprint density at radius 1 is 1.28 bits per heavy atom. The highest BCUT2D eigenvalue weighted by atomic mass is 32.2. The molecule has 0 spiro atoms. The van der Waals surface area contributed by atoms with Crippen LogP contribution in [0.5, 0.6) is 0 Å².